The van der Waals surface area contributed by atoms with Crippen LogP contribution in [0.5, 0.6) is 0 Å². The topological polar surface area (TPSA) is 12.9 Å². The van der Waals surface area contributed by atoms with E-state index in [1.165, 1.54) is 11.1 Å². The van der Waals surface area contributed by atoms with Gasteiger partial charge in [-0.15, -0.1) is 34.0 Å². The first-order valence-corrected chi connectivity index (χ1v) is 2.67. The van der Waals surface area contributed by atoms with Gasteiger partial charge in [-0.1, -0.05) is 6.07 Å². The minimum atomic E-state index is 0. The summed E-state index contributed by atoms with van der Waals surface area (Å²) in [6.45, 7) is 4.08. The van der Waals surface area contributed by atoms with Crippen molar-refractivity contribution in [3.8, 4) is 0 Å². The number of aromatic nitrogens is 1. The van der Waals surface area contributed by atoms with Crippen molar-refractivity contribution in [2.45, 2.75) is 13.8 Å². The first-order chi connectivity index (χ1) is 3.79. The summed E-state index contributed by atoms with van der Waals surface area (Å²) in [6, 6.07) is 2.10. The predicted molar refractivity (Wildman–Crippen MR) is 54.4 cm³/mol. The largest absolute Gasteiger partial charge is 0.264 e. The average Bonchev–Trinajstić information content (AvgIpc) is 1.64. The SMILES string of the molecule is Br.Br.Cc1cncc(C)c1. The maximum Gasteiger partial charge on any atom is 0.0297 e. The molecule has 0 saturated carbocycles. The first kappa shape index (κ1) is 12.8. The molecule has 0 bridgehead atoms. The molecule has 58 valence electrons. The van der Waals surface area contributed by atoms with Crippen LogP contribution in [0.25, 0.3) is 0 Å². The fourth-order valence-corrected chi connectivity index (χ4v) is 0.706. The Morgan fingerprint density at radius 1 is 1.00 bits per heavy atom. The second-order valence-corrected chi connectivity index (χ2v) is 2.04. The van der Waals surface area contributed by atoms with Crippen molar-refractivity contribution in [1.82, 2.24) is 4.98 Å². The van der Waals surface area contributed by atoms with Crippen molar-refractivity contribution in [3.05, 3.63) is 29.6 Å². The zero-order valence-corrected chi connectivity index (χ0v) is 9.42. The molecule has 0 aromatic carbocycles. The van der Waals surface area contributed by atoms with Crippen LogP contribution in [0.4, 0.5) is 0 Å². The van der Waals surface area contributed by atoms with Crippen LogP contribution in [0.1, 0.15) is 11.1 Å². The Bertz CT molecular complexity index is 171. The van der Waals surface area contributed by atoms with E-state index in [2.05, 4.69) is 11.1 Å². The van der Waals surface area contributed by atoms with Gasteiger partial charge in [-0.2, -0.15) is 0 Å². The summed E-state index contributed by atoms with van der Waals surface area (Å²) < 4.78 is 0. The van der Waals surface area contributed by atoms with Crippen molar-refractivity contribution in [1.29, 1.82) is 0 Å². The summed E-state index contributed by atoms with van der Waals surface area (Å²) in [7, 11) is 0. The van der Waals surface area contributed by atoms with E-state index in [1.807, 2.05) is 26.2 Å². The maximum absolute atomic E-state index is 3.98. The highest BCUT2D eigenvalue weighted by molar-refractivity contribution is 8.93. The molecule has 0 aliphatic rings. The molecular weight excluding hydrogens is 258 g/mol. The molecule has 0 fully saturated rings. The maximum atomic E-state index is 3.98. The zero-order valence-electron chi connectivity index (χ0n) is 6.00. The van der Waals surface area contributed by atoms with Gasteiger partial charge in [0, 0.05) is 12.4 Å². The molecule has 0 unspecified atom stereocenters. The Morgan fingerprint density at radius 3 is 1.60 bits per heavy atom. The molecular formula is C7H11Br2N. The Morgan fingerprint density at radius 2 is 1.40 bits per heavy atom. The summed E-state index contributed by atoms with van der Waals surface area (Å²) in [5, 5.41) is 0. The third-order valence-electron chi connectivity index (χ3n) is 1.01. The Balaban J connectivity index is 0. The molecule has 1 aromatic heterocycles. The second kappa shape index (κ2) is 5.86. The summed E-state index contributed by atoms with van der Waals surface area (Å²) in [5.41, 5.74) is 2.45. The van der Waals surface area contributed by atoms with E-state index in [-0.39, 0.29) is 34.0 Å². The van der Waals surface area contributed by atoms with Gasteiger partial charge >= 0.3 is 0 Å². The molecule has 0 spiro atoms. The van der Waals surface area contributed by atoms with Gasteiger partial charge in [-0.25, -0.2) is 0 Å². The van der Waals surface area contributed by atoms with E-state index in [0.717, 1.165) is 0 Å². The Hall–Kier alpha value is 0.110. The van der Waals surface area contributed by atoms with E-state index < -0.39 is 0 Å². The van der Waals surface area contributed by atoms with Crippen LogP contribution in [0.15, 0.2) is 18.5 Å². The van der Waals surface area contributed by atoms with Crippen molar-refractivity contribution >= 4 is 34.0 Å². The number of hydrogen-bond donors (Lipinski definition) is 0. The van der Waals surface area contributed by atoms with E-state index in [9.17, 15) is 0 Å². The number of nitrogens with zero attached hydrogens (tertiary/aromatic N) is 1. The third kappa shape index (κ3) is 4.01. The summed E-state index contributed by atoms with van der Waals surface area (Å²) in [6.07, 6.45) is 3.71. The fraction of sp³-hybridized carbons (Fsp3) is 0.286. The average molecular weight is 269 g/mol. The lowest BCUT2D eigenvalue weighted by Gasteiger charge is -1.89. The molecule has 0 aliphatic heterocycles. The van der Waals surface area contributed by atoms with E-state index in [1.54, 1.807) is 0 Å². The molecule has 0 atom stereocenters. The monoisotopic (exact) mass is 267 g/mol. The highest BCUT2D eigenvalue weighted by Gasteiger charge is 1.81. The van der Waals surface area contributed by atoms with Crippen LogP contribution in [0.2, 0.25) is 0 Å². The number of pyridine rings is 1. The standard InChI is InChI=1S/C7H9N.2BrH/c1-6-3-7(2)5-8-4-6;;/h3-5H,1-2H3;2*1H. The number of aryl methyl sites for hydroxylation is 2. The lowest BCUT2D eigenvalue weighted by atomic mass is 10.2. The van der Waals surface area contributed by atoms with Gasteiger partial charge in [0.05, 0.1) is 0 Å². The van der Waals surface area contributed by atoms with Crippen LogP contribution in [-0.4, -0.2) is 4.98 Å². The highest BCUT2D eigenvalue weighted by atomic mass is 79.9. The van der Waals surface area contributed by atoms with E-state index in [4.69, 9.17) is 0 Å². The molecule has 10 heavy (non-hydrogen) atoms. The normalized spacial score (nSPS) is 7.40. The van der Waals surface area contributed by atoms with Crippen LogP contribution < -0.4 is 0 Å². The van der Waals surface area contributed by atoms with Gasteiger partial charge in [-0.3, -0.25) is 4.98 Å². The lowest BCUT2D eigenvalue weighted by molar-refractivity contribution is 1.22. The Kier molecular flexibility index (Phi) is 7.48. The third-order valence-corrected chi connectivity index (χ3v) is 1.01. The van der Waals surface area contributed by atoms with Crippen LogP contribution >= 0.6 is 34.0 Å². The number of halogens is 2. The molecule has 1 nitrogen and oxygen atoms in total. The molecule has 0 aliphatic carbocycles. The molecule has 0 radical (unpaired) electrons. The lowest BCUT2D eigenvalue weighted by Crippen LogP contribution is -1.76. The fourth-order valence-electron chi connectivity index (χ4n) is 0.706. The minimum Gasteiger partial charge on any atom is -0.264 e. The van der Waals surface area contributed by atoms with Gasteiger partial charge in [0.15, 0.2) is 0 Å². The van der Waals surface area contributed by atoms with Gasteiger partial charge in [0.1, 0.15) is 0 Å². The summed E-state index contributed by atoms with van der Waals surface area (Å²) in [5.74, 6) is 0. The molecule has 1 heterocycles. The van der Waals surface area contributed by atoms with Crippen LogP contribution in [0.3, 0.4) is 0 Å². The summed E-state index contributed by atoms with van der Waals surface area (Å²) >= 11 is 0. The predicted octanol–water partition coefficient (Wildman–Crippen LogP) is 2.85. The van der Waals surface area contributed by atoms with Gasteiger partial charge in [0.2, 0.25) is 0 Å². The van der Waals surface area contributed by atoms with Gasteiger partial charge in [0.25, 0.3) is 0 Å². The molecule has 0 saturated heterocycles. The first-order valence-electron chi connectivity index (χ1n) is 2.67. The number of rotatable bonds is 0. The molecule has 3 heteroatoms. The molecule has 1 rings (SSSR count). The quantitative estimate of drug-likeness (QED) is 0.705. The van der Waals surface area contributed by atoms with Crippen molar-refractivity contribution in [2.75, 3.05) is 0 Å². The summed E-state index contributed by atoms with van der Waals surface area (Å²) in [4.78, 5) is 3.98. The van der Waals surface area contributed by atoms with E-state index in [0.29, 0.717) is 0 Å². The van der Waals surface area contributed by atoms with Gasteiger partial charge in [-0.05, 0) is 25.0 Å². The molecule has 1 aromatic rings. The van der Waals surface area contributed by atoms with E-state index >= 15 is 0 Å². The zero-order chi connectivity index (χ0) is 5.98. The van der Waals surface area contributed by atoms with Gasteiger partial charge < -0.3 is 0 Å². The van der Waals surface area contributed by atoms with Crippen LogP contribution in [-0.2, 0) is 0 Å². The van der Waals surface area contributed by atoms with Crippen LogP contribution in [0, 0.1) is 13.8 Å². The van der Waals surface area contributed by atoms with Crippen molar-refractivity contribution < 1.29 is 0 Å². The molecule has 0 N–H and O–H groups in total. The number of hydrogen-bond acceptors (Lipinski definition) is 1. The molecule has 0 amide bonds. The van der Waals surface area contributed by atoms with Crippen molar-refractivity contribution in [3.63, 3.8) is 0 Å². The minimum absolute atomic E-state index is 0. The highest BCUT2D eigenvalue weighted by Crippen LogP contribution is 1.96. The Labute approximate surface area is 82.4 Å². The smallest absolute Gasteiger partial charge is 0.0297 e. The van der Waals surface area contributed by atoms with Crippen molar-refractivity contribution in [2.24, 2.45) is 0 Å². The second-order valence-electron chi connectivity index (χ2n) is 2.04.